The van der Waals surface area contributed by atoms with Crippen LogP contribution in [0.5, 0.6) is 5.75 Å². The summed E-state index contributed by atoms with van der Waals surface area (Å²) in [5.41, 5.74) is 11.3. The van der Waals surface area contributed by atoms with Crippen molar-refractivity contribution in [3.63, 3.8) is 0 Å². The zero-order valence-corrected chi connectivity index (χ0v) is 44.0. The first-order chi connectivity index (χ1) is 35.9. The lowest BCUT2D eigenvalue weighted by Gasteiger charge is -2.34. The minimum absolute atomic E-state index is 0.0400. The third-order valence-corrected chi connectivity index (χ3v) is 14.7. The molecule has 0 bridgehead atoms. The van der Waals surface area contributed by atoms with Crippen LogP contribution in [0.25, 0.3) is 0 Å². The van der Waals surface area contributed by atoms with Gasteiger partial charge < -0.3 is 88.7 Å². The van der Waals surface area contributed by atoms with Crippen molar-refractivity contribution >= 4 is 47.3 Å². The molecule has 1 aromatic rings. The fourth-order valence-corrected chi connectivity index (χ4v) is 10.1. The van der Waals surface area contributed by atoms with Crippen LogP contribution < -0.4 is 38.1 Å². The van der Waals surface area contributed by atoms with Crippen molar-refractivity contribution < 1.29 is 79.2 Å². The molecular weight excluding hydrogens is 995 g/mol. The molecule has 76 heavy (non-hydrogen) atoms. The maximum Gasteiger partial charge on any atom is 0.248 e. The SMILES string of the molecule is CCC(C)CC(C)CCCCCCCCC(=O)N[C@H]1C[C@@H](O)[C@@H](CN)NC(=O)[C@@H]2[C@@H](O)CCN2C(=O)[C@H]([C@H](O)CC(N)=O)NC(=O)[C@H]([C@H](O)[C@@H](O)c2ccc(O)cc2)NC(=O)[C@@H]2C[C@@H](O)CN2C(=O)[C@H]([C@@H](C)O)NC1=O. The van der Waals surface area contributed by atoms with Gasteiger partial charge in [0.2, 0.25) is 47.3 Å². The summed E-state index contributed by atoms with van der Waals surface area (Å²) in [6.07, 6.45) is -6.92. The number of unbranched alkanes of at least 4 members (excludes halogenated alkanes) is 5. The van der Waals surface area contributed by atoms with E-state index in [0.29, 0.717) is 24.7 Å². The number of aliphatic hydroxyl groups is 7. The average Bonchev–Trinajstić information content (AvgIpc) is 3.96. The Bertz CT molecular complexity index is 2120. The van der Waals surface area contributed by atoms with Gasteiger partial charge in [0.15, 0.2) is 0 Å². The lowest BCUT2D eigenvalue weighted by atomic mass is 9.91. The first-order valence-electron chi connectivity index (χ1n) is 26.5. The Labute approximate surface area is 442 Å². The zero-order chi connectivity index (χ0) is 56.6. The molecule has 3 fully saturated rings. The molecule has 25 nitrogen and oxygen atoms in total. The van der Waals surface area contributed by atoms with E-state index in [1.807, 2.05) is 0 Å². The Morgan fingerprint density at radius 3 is 1.96 bits per heavy atom. The number of fused-ring (bicyclic) bond motifs is 2. The highest BCUT2D eigenvalue weighted by Crippen LogP contribution is 2.27. The van der Waals surface area contributed by atoms with E-state index in [2.05, 4.69) is 47.4 Å². The van der Waals surface area contributed by atoms with E-state index in [0.717, 1.165) is 67.4 Å². The molecule has 8 amide bonds. The number of aliphatic hydroxyl groups excluding tert-OH is 7. The maximum atomic E-state index is 14.5. The lowest BCUT2D eigenvalue weighted by Crippen LogP contribution is -2.64. The van der Waals surface area contributed by atoms with Gasteiger partial charge in [-0.15, -0.1) is 0 Å². The van der Waals surface area contributed by atoms with Gasteiger partial charge in [-0.25, -0.2) is 0 Å². The fraction of sp³-hybridized carbons (Fsp3) is 0.725. The molecule has 3 saturated heterocycles. The number of nitrogens with zero attached hydrogens (tertiary/aromatic N) is 2. The largest absolute Gasteiger partial charge is 0.508 e. The van der Waals surface area contributed by atoms with Crippen molar-refractivity contribution in [2.75, 3.05) is 19.6 Å². The number of phenolic OH excluding ortho intramolecular Hbond substituents is 1. The number of primary amides is 1. The van der Waals surface area contributed by atoms with Crippen LogP contribution in [0.2, 0.25) is 0 Å². The minimum atomic E-state index is -2.35. The standard InChI is InChI=1S/C51H83N9O16/c1-5-26(2)20-27(3)12-10-8-6-7-9-11-13-39(68)54-32-22-36(65)33(24-52)55-49(74)43-35(64)18-19-59(43)51(76)41(37(66)23-38(53)67)57-48(73)42(45(70)44(69)29-14-16-30(62)17-15-29)58-47(72)34-21-31(63)25-60(34)50(75)40(28(4)61)56-46(32)71/h14-17,26-28,31-37,40-45,61-66,69-70H,5-13,18-25,52H2,1-4H3,(H2,53,67)(H,54,68)(H,55,74)(H,56,71)(H,57,73)(H,58,72)/t26?,27?,28-,31-,32+,33-,34+,35+,36-,37-,40+,41+,42+,43+,44+,45+/m1/s1. The lowest BCUT2D eigenvalue weighted by molar-refractivity contribution is -0.148. The number of nitrogens with one attached hydrogen (secondary N) is 5. The van der Waals surface area contributed by atoms with E-state index in [-0.39, 0.29) is 24.2 Å². The number of hydrogen-bond acceptors (Lipinski definition) is 17. The number of carbonyl (C=O) groups is 8. The molecule has 428 valence electrons. The van der Waals surface area contributed by atoms with E-state index >= 15 is 0 Å². The Balaban J connectivity index is 1.71. The van der Waals surface area contributed by atoms with Crippen LogP contribution in [0, 0.1) is 11.8 Å². The second kappa shape index (κ2) is 29.8. The summed E-state index contributed by atoms with van der Waals surface area (Å²) in [4.78, 5) is 113. The Hall–Kier alpha value is -5.54. The highest BCUT2D eigenvalue weighted by atomic mass is 16.3. The molecule has 4 rings (SSSR count). The van der Waals surface area contributed by atoms with Gasteiger partial charge in [0.05, 0.1) is 43.0 Å². The number of aromatic hydroxyl groups is 1. The molecule has 1 aromatic carbocycles. The monoisotopic (exact) mass is 1080 g/mol. The van der Waals surface area contributed by atoms with E-state index in [9.17, 15) is 79.2 Å². The number of amides is 8. The second-order valence-electron chi connectivity index (χ2n) is 21.0. The number of nitrogens with two attached hydrogens (primary N) is 2. The summed E-state index contributed by atoms with van der Waals surface area (Å²) in [6, 6.07) is -8.46. The van der Waals surface area contributed by atoms with Crippen molar-refractivity contribution in [2.45, 2.75) is 203 Å². The van der Waals surface area contributed by atoms with Gasteiger partial charge in [0.1, 0.15) is 54.2 Å². The zero-order valence-electron chi connectivity index (χ0n) is 44.0. The number of rotatable bonds is 21. The minimum Gasteiger partial charge on any atom is -0.508 e. The van der Waals surface area contributed by atoms with Crippen LogP contribution in [-0.2, 0) is 38.4 Å². The van der Waals surface area contributed by atoms with Crippen molar-refractivity contribution in [3.8, 4) is 5.75 Å². The van der Waals surface area contributed by atoms with Crippen LogP contribution in [0.3, 0.4) is 0 Å². The highest BCUT2D eigenvalue weighted by molar-refractivity contribution is 5.98. The number of phenols is 1. The van der Waals surface area contributed by atoms with Gasteiger partial charge in [0.25, 0.3) is 0 Å². The molecule has 3 heterocycles. The second-order valence-corrected chi connectivity index (χ2v) is 21.0. The summed E-state index contributed by atoms with van der Waals surface area (Å²) in [5.74, 6) is -8.09. The summed E-state index contributed by atoms with van der Waals surface area (Å²) in [6.45, 7) is 6.36. The van der Waals surface area contributed by atoms with Gasteiger partial charge >= 0.3 is 0 Å². The van der Waals surface area contributed by atoms with Crippen molar-refractivity contribution in [3.05, 3.63) is 29.8 Å². The molecule has 3 aliphatic rings. The topological polar surface area (TPSA) is 417 Å². The molecule has 0 radical (unpaired) electrons. The Kier molecular flexibility index (Phi) is 24.7. The molecule has 3 aliphatic heterocycles. The molecule has 17 N–H and O–H groups in total. The summed E-state index contributed by atoms with van der Waals surface area (Å²) >= 11 is 0. The van der Waals surface area contributed by atoms with Crippen LogP contribution in [0.1, 0.15) is 129 Å². The van der Waals surface area contributed by atoms with Gasteiger partial charge in [-0.05, 0) is 55.7 Å². The quantitative estimate of drug-likeness (QED) is 0.0536. The van der Waals surface area contributed by atoms with Crippen LogP contribution in [-0.4, -0.2) is 196 Å². The number of carbonyl (C=O) groups excluding carboxylic acids is 8. The molecule has 25 heteroatoms. The Morgan fingerprint density at radius 2 is 1.34 bits per heavy atom. The molecule has 0 aliphatic carbocycles. The molecular formula is C51H83N9O16. The first kappa shape index (κ1) is 63.0. The third-order valence-electron chi connectivity index (χ3n) is 14.7. The molecule has 0 aromatic heterocycles. The highest BCUT2D eigenvalue weighted by Gasteiger charge is 2.49. The molecule has 16 atom stereocenters. The maximum absolute atomic E-state index is 14.5. The molecule has 0 spiro atoms. The smallest absolute Gasteiger partial charge is 0.248 e. The van der Waals surface area contributed by atoms with E-state index in [1.54, 1.807) is 0 Å². The Morgan fingerprint density at radius 1 is 0.737 bits per heavy atom. The summed E-state index contributed by atoms with van der Waals surface area (Å²) in [5, 5.41) is 101. The average molecular weight is 1080 g/mol. The normalized spacial score (nSPS) is 28.8. The first-order valence-corrected chi connectivity index (χ1v) is 26.5. The third kappa shape index (κ3) is 17.8. The van der Waals surface area contributed by atoms with Crippen LogP contribution in [0.15, 0.2) is 24.3 Å². The van der Waals surface area contributed by atoms with Gasteiger partial charge in [0, 0.05) is 38.9 Å². The van der Waals surface area contributed by atoms with Crippen molar-refractivity contribution in [2.24, 2.45) is 23.3 Å². The predicted octanol–water partition coefficient (Wildman–Crippen LogP) is -3.33. The van der Waals surface area contributed by atoms with Gasteiger partial charge in [-0.3, -0.25) is 38.4 Å². The predicted molar refractivity (Wildman–Crippen MR) is 272 cm³/mol. The van der Waals surface area contributed by atoms with Crippen molar-refractivity contribution in [1.82, 2.24) is 36.4 Å². The number of hydrogen-bond donors (Lipinski definition) is 15. The number of benzene rings is 1. The van der Waals surface area contributed by atoms with E-state index < -0.39 is 171 Å². The molecule has 0 saturated carbocycles. The van der Waals surface area contributed by atoms with E-state index in [4.69, 9.17) is 11.5 Å². The fourth-order valence-electron chi connectivity index (χ4n) is 10.1. The van der Waals surface area contributed by atoms with Gasteiger partial charge in [-0.2, -0.15) is 0 Å². The van der Waals surface area contributed by atoms with Crippen LogP contribution in [0.4, 0.5) is 0 Å². The van der Waals surface area contributed by atoms with Crippen LogP contribution >= 0.6 is 0 Å². The summed E-state index contributed by atoms with van der Waals surface area (Å²) in [7, 11) is 0. The molecule has 2 unspecified atom stereocenters. The summed E-state index contributed by atoms with van der Waals surface area (Å²) < 4.78 is 0. The van der Waals surface area contributed by atoms with Crippen molar-refractivity contribution in [1.29, 1.82) is 0 Å². The van der Waals surface area contributed by atoms with E-state index in [1.165, 1.54) is 18.6 Å². The van der Waals surface area contributed by atoms with Gasteiger partial charge in [-0.1, -0.05) is 77.8 Å².